The highest BCUT2D eigenvalue weighted by atomic mass is 32.2. The monoisotopic (exact) mass is 267 g/mol. The van der Waals surface area contributed by atoms with E-state index in [-0.39, 0.29) is 16.7 Å². The predicted octanol–water partition coefficient (Wildman–Crippen LogP) is 3.93. The van der Waals surface area contributed by atoms with Crippen LogP contribution in [-0.4, -0.2) is 8.42 Å². The molecule has 18 heavy (non-hydrogen) atoms. The lowest BCUT2D eigenvalue weighted by Crippen LogP contribution is -2.04. The summed E-state index contributed by atoms with van der Waals surface area (Å²) in [5.41, 5.74) is 9.93. The van der Waals surface area contributed by atoms with Crippen LogP contribution in [0.5, 0.6) is 0 Å². The molecule has 0 heterocycles. The third kappa shape index (κ3) is 3.03. The summed E-state index contributed by atoms with van der Waals surface area (Å²) in [5.74, 6) is 0.260. The van der Waals surface area contributed by atoms with E-state index in [2.05, 4.69) is 9.43 Å². The zero-order valence-electron chi connectivity index (χ0n) is 11.0. The molecule has 98 valence electrons. The zero-order chi connectivity index (χ0) is 13.9. The van der Waals surface area contributed by atoms with Crippen LogP contribution in [0.3, 0.4) is 0 Å². The molecule has 0 N–H and O–H groups in total. The van der Waals surface area contributed by atoms with Gasteiger partial charge in [-0.3, -0.25) is 0 Å². The molecular weight excluding hydrogens is 250 g/mol. The summed E-state index contributed by atoms with van der Waals surface area (Å²) in [5, 5.41) is 0. The van der Waals surface area contributed by atoms with Crippen LogP contribution in [0.2, 0.25) is 0 Å². The molecule has 0 aliphatic carbocycles. The van der Waals surface area contributed by atoms with Crippen LogP contribution in [0.25, 0.3) is 10.4 Å². The Morgan fingerprint density at radius 1 is 1.17 bits per heavy atom. The Morgan fingerprint density at radius 3 is 2.22 bits per heavy atom. The summed E-state index contributed by atoms with van der Waals surface area (Å²) in [4.78, 5) is 2.51. The van der Waals surface area contributed by atoms with Crippen LogP contribution in [0.1, 0.15) is 50.7 Å². The van der Waals surface area contributed by atoms with Gasteiger partial charge in [0.05, 0.1) is 4.90 Å². The van der Waals surface area contributed by atoms with Crippen molar-refractivity contribution in [3.63, 3.8) is 0 Å². The van der Waals surface area contributed by atoms with E-state index < -0.39 is 10.0 Å². The van der Waals surface area contributed by atoms with Gasteiger partial charge in [0.15, 0.2) is 0 Å². The second-order valence-corrected chi connectivity index (χ2v) is 6.31. The van der Waals surface area contributed by atoms with Crippen LogP contribution in [0, 0.1) is 0 Å². The third-order valence-corrected chi connectivity index (χ3v) is 3.95. The fraction of sp³-hybridized carbons (Fsp3) is 0.500. The van der Waals surface area contributed by atoms with Crippen molar-refractivity contribution in [1.82, 2.24) is 0 Å². The SMILES string of the molecule is CC(C)c1ccc(C(C)C)c(S(=O)(=O)N=[N+]=[N-])c1. The van der Waals surface area contributed by atoms with Crippen molar-refractivity contribution in [2.45, 2.75) is 44.4 Å². The second-order valence-electron chi connectivity index (χ2n) is 4.75. The molecule has 6 heteroatoms. The lowest BCUT2D eigenvalue weighted by molar-refractivity contribution is 0.594. The molecule has 0 radical (unpaired) electrons. The molecule has 0 saturated heterocycles. The van der Waals surface area contributed by atoms with E-state index in [1.165, 1.54) is 0 Å². The fourth-order valence-corrected chi connectivity index (χ4v) is 2.77. The van der Waals surface area contributed by atoms with Gasteiger partial charge in [-0.15, -0.1) is 0 Å². The van der Waals surface area contributed by atoms with Gasteiger partial charge >= 0.3 is 0 Å². The molecule has 0 fully saturated rings. The van der Waals surface area contributed by atoms with Crippen molar-refractivity contribution in [3.8, 4) is 0 Å². The van der Waals surface area contributed by atoms with Gasteiger partial charge in [0.1, 0.15) is 0 Å². The molecule has 1 aromatic carbocycles. The topological polar surface area (TPSA) is 82.9 Å². The molecule has 0 spiro atoms. The molecule has 0 saturated carbocycles. The van der Waals surface area contributed by atoms with Crippen molar-refractivity contribution in [2.24, 2.45) is 4.52 Å². The molecule has 0 unspecified atom stereocenters. The van der Waals surface area contributed by atoms with Gasteiger partial charge < -0.3 is 0 Å². The fourth-order valence-electron chi connectivity index (χ4n) is 1.70. The van der Waals surface area contributed by atoms with Gasteiger partial charge in [-0.25, -0.2) is 8.42 Å². The third-order valence-electron chi connectivity index (χ3n) is 2.75. The Labute approximate surface area is 108 Å². The van der Waals surface area contributed by atoms with Gasteiger partial charge in [0.25, 0.3) is 10.0 Å². The molecule has 0 aliphatic rings. The van der Waals surface area contributed by atoms with E-state index in [0.717, 1.165) is 5.56 Å². The Bertz CT molecular complexity index is 585. The molecule has 0 aliphatic heterocycles. The van der Waals surface area contributed by atoms with E-state index in [1.54, 1.807) is 12.1 Å². The van der Waals surface area contributed by atoms with Gasteiger partial charge in [0, 0.05) is 9.43 Å². The molecular formula is C12H17N3O2S. The van der Waals surface area contributed by atoms with E-state index in [4.69, 9.17) is 5.53 Å². The first kappa shape index (κ1) is 14.5. The average molecular weight is 267 g/mol. The van der Waals surface area contributed by atoms with Gasteiger partial charge in [-0.1, -0.05) is 39.8 Å². The van der Waals surface area contributed by atoms with Crippen LogP contribution >= 0.6 is 0 Å². The molecule has 1 rings (SSSR count). The molecule has 0 atom stereocenters. The van der Waals surface area contributed by atoms with Crippen LogP contribution < -0.4 is 0 Å². The lowest BCUT2D eigenvalue weighted by atomic mass is 9.97. The quantitative estimate of drug-likeness (QED) is 0.470. The first-order valence-electron chi connectivity index (χ1n) is 5.74. The zero-order valence-corrected chi connectivity index (χ0v) is 11.8. The van der Waals surface area contributed by atoms with E-state index >= 15 is 0 Å². The lowest BCUT2D eigenvalue weighted by Gasteiger charge is -2.14. The highest BCUT2D eigenvalue weighted by Crippen LogP contribution is 2.28. The van der Waals surface area contributed by atoms with Crippen molar-refractivity contribution in [1.29, 1.82) is 0 Å². The minimum absolute atomic E-state index is 0.0462. The van der Waals surface area contributed by atoms with Crippen LogP contribution in [0.4, 0.5) is 0 Å². The molecule has 0 amide bonds. The molecule has 5 nitrogen and oxygen atoms in total. The first-order valence-corrected chi connectivity index (χ1v) is 7.18. The number of hydrogen-bond donors (Lipinski definition) is 0. The van der Waals surface area contributed by atoms with Crippen molar-refractivity contribution in [3.05, 3.63) is 39.8 Å². The maximum absolute atomic E-state index is 11.9. The number of nitrogens with zero attached hydrogens (tertiary/aromatic N) is 3. The summed E-state index contributed by atoms with van der Waals surface area (Å²) in [6.07, 6.45) is 0. The largest absolute Gasteiger partial charge is 0.264 e. The minimum Gasteiger partial charge on any atom is -0.216 e. The second kappa shape index (κ2) is 5.42. The smallest absolute Gasteiger partial charge is 0.216 e. The minimum atomic E-state index is -3.93. The summed E-state index contributed by atoms with van der Waals surface area (Å²) in [7, 11) is -3.93. The molecule has 0 bridgehead atoms. The number of benzene rings is 1. The predicted molar refractivity (Wildman–Crippen MR) is 71.0 cm³/mol. The Hall–Kier alpha value is -1.52. The Morgan fingerprint density at radius 2 is 1.78 bits per heavy atom. The Balaban J connectivity index is 3.56. The summed E-state index contributed by atoms with van der Waals surface area (Å²) >= 11 is 0. The highest BCUT2D eigenvalue weighted by Gasteiger charge is 2.20. The van der Waals surface area contributed by atoms with Crippen LogP contribution in [-0.2, 0) is 10.0 Å². The Kier molecular flexibility index (Phi) is 4.38. The van der Waals surface area contributed by atoms with Gasteiger partial charge in [0.2, 0.25) is 0 Å². The maximum atomic E-state index is 11.9. The highest BCUT2D eigenvalue weighted by molar-refractivity contribution is 7.90. The van der Waals surface area contributed by atoms with E-state index in [0.29, 0.717) is 5.56 Å². The normalized spacial score (nSPS) is 11.7. The van der Waals surface area contributed by atoms with Crippen molar-refractivity contribution < 1.29 is 8.42 Å². The number of rotatable bonds is 4. The van der Waals surface area contributed by atoms with E-state index in [1.807, 2.05) is 33.8 Å². The van der Waals surface area contributed by atoms with Crippen LogP contribution in [0.15, 0.2) is 27.6 Å². The van der Waals surface area contributed by atoms with Gasteiger partial charge in [-0.2, -0.15) is 0 Å². The number of azide groups is 1. The van der Waals surface area contributed by atoms with E-state index in [9.17, 15) is 8.42 Å². The molecule has 1 aromatic rings. The maximum Gasteiger partial charge on any atom is 0.264 e. The summed E-state index contributed by atoms with van der Waals surface area (Å²) < 4.78 is 26.7. The van der Waals surface area contributed by atoms with Crippen molar-refractivity contribution in [2.75, 3.05) is 0 Å². The standard InChI is InChI=1S/C12H17N3O2S/c1-8(2)10-5-6-11(9(3)4)12(7-10)18(16,17)15-14-13/h5-9H,1-4H3. The van der Waals surface area contributed by atoms with Gasteiger partial charge in [-0.05, 0) is 34.6 Å². The number of sulfonamides is 1. The average Bonchev–Trinajstić information content (AvgIpc) is 2.27. The van der Waals surface area contributed by atoms with Crippen molar-refractivity contribution >= 4 is 10.0 Å². The molecule has 0 aromatic heterocycles. The first-order chi connectivity index (χ1) is 8.29. The number of hydrogen-bond acceptors (Lipinski definition) is 2. The summed E-state index contributed by atoms with van der Waals surface area (Å²) in [6.45, 7) is 7.77. The summed E-state index contributed by atoms with van der Waals surface area (Å²) in [6, 6.07) is 5.30.